The number of aromatic nitrogens is 2. The summed E-state index contributed by atoms with van der Waals surface area (Å²) in [7, 11) is 0. The van der Waals surface area contributed by atoms with Crippen molar-refractivity contribution in [3.05, 3.63) is 58.3 Å². The van der Waals surface area contributed by atoms with Crippen molar-refractivity contribution in [2.75, 3.05) is 6.54 Å². The molecule has 0 bridgehead atoms. The van der Waals surface area contributed by atoms with Gasteiger partial charge in [0.25, 0.3) is 0 Å². The average Bonchev–Trinajstić information content (AvgIpc) is 2.89. The number of rotatable bonds is 5. The van der Waals surface area contributed by atoms with Crippen LogP contribution in [0.25, 0.3) is 10.2 Å². The second-order valence-electron chi connectivity index (χ2n) is 4.79. The molecule has 0 aliphatic heterocycles. The van der Waals surface area contributed by atoms with Crippen molar-refractivity contribution < 1.29 is 0 Å². The van der Waals surface area contributed by atoms with Gasteiger partial charge in [-0.05, 0) is 30.3 Å². The topological polar surface area (TPSA) is 37.8 Å². The van der Waals surface area contributed by atoms with E-state index in [1.165, 1.54) is 4.70 Å². The summed E-state index contributed by atoms with van der Waals surface area (Å²) in [5, 5.41) is 5.31. The Labute approximate surface area is 133 Å². The van der Waals surface area contributed by atoms with Crippen molar-refractivity contribution in [1.82, 2.24) is 15.3 Å². The van der Waals surface area contributed by atoms with Crippen LogP contribution in [0, 0.1) is 0 Å². The molecule has 0 spiro atoms. The van der Waals surface area contributed by atoms with Gasteiger partial charge in [-0.1, -0.05) is 30.7 Å². The number of likely N-dealkylation sites (N-methyl/N-ethyl adjacent to an activating group) is 1. The SMILES string of the molecule is CCNC(Cc1nc2ccccc2s1)c1ccncc1Cl. The molecule has 0 aliphatic carbocycles. The minimum atomic E-state index is 0.158. The minimum absolute atomic E-state index is 0.158. The van der Waals surface area contributed by atoms with Crippen molar-refractivity contribution in [3.8, 4) is 0 Å². The quantitative estimate of drug-likeness (QED) is 0.765. The molecular formula is C16H16ClN3S. The van der Waals surface area contributed by atoms with Gasteiger partial charge in [0.15, 0.2) is 0 Å². The maximum absolute atomic E-state index is 6.28. The van der Waals surface area contributed by atoms with Crippen molar-refractivity contribution in [2.45, 2.75) is 19.4 Å². The second kappa shape index (κ2) is 6.52. The first-order chi connectivity index (χ1) is 10.3. The first-order valence-corrected chi connectivity index (χ1v) is 8.14. The van der Waals surface area contributed by atoms with Crippen molar-refractivity contribution in [3.63, 3.8) is 0 Å². The maximum atomic E-state index is 6.28. The van der Waals surface area contributed by atoms with E-state index in [2.05, 4.69) is 29.4 Å². The molecule has 2 aromatic heterocycles. The van der Waals surface area contributed by atoms with Crippen molar-refractivity contribution in [1.29, 1.82) is 0 Å². The van der Waals surface area contributed by atoms with Gasteiger partial charge in [0.1, 0.15) is 0 Å². The van der Waals surface area contributed by atoms with E-state index in [-0.39, 0.29) is 6.04 Å². The molecule has 0 saturated heterocycles. The summed E-state index contributed by atoms with van der Waals surface area (Å²) in [5.41, 5.74) is 2.14. The van der Waals surface area contributed by atoms with E-state index in [0.29, 0.717) is 5.02 Å². The lowest BCUT2D eigenvalue weighted by Crippen LogP contribution is -2.23. The summed E-state index contributed by atoms with van der Waals surface area (Å²) in [6.45, 7) is 2.98. The lowest BCUT2D eigenvalue weighted by atomic mass is 10.1. The summed E-state index contributed by atoms with van der Waals surface area (Å²) in [6, 6.07) is 10.4. The zero-order valence-electron chi connectivity index (χ0n) is 11.7. The molecule has 2 heterocycles. The van der Waals surface area contributed by atoms with Gasteiger partial charge in [-0.25, -0.2) is 4.98 Å². The van der Waals surface area contributed by atoms with Crippen LogP contribution in [0.2, 0.25) is 5.02 Å². The number of halogens is 1. The van der Waals surface area contributed by atoms with Gasteiger partial charge in [-0.3, -0.25) is 4.98 Å². The average molecular weight is 318 g/mol. The molecule has 21 heavy (non-hydrogen) atoms. The molecule has 3 aromatic rings. The standard InChI is InChI=1S/C16H16ClN3S/c1-2-19-14(11-7-8-18-10-12(11)17)9-16-20-13-5-3-4-6-15(13)21-16/h3-8,10,14,19H,2,9H2,1H3. The maximum Gasteiger partial charge on any atom is 0.0957 e. The highest BCUT2D eigenvalue weighted by Gasteiger charge is 2.16. The number of hydrogen-bond acceptors (Lipinski definition) is 4. The van der Waals surface area contributed by atoms with Gasteiger partial charge in [0.05, 0.1) is 20.2 Å². The number of hydrogen-bond donors (Lipinski definition) is 1. The van der Waals surface area contributed by atoms with Crippen LogP contribution in [0.5, 0.6) is 0 Å². The molecule has 0 fully saturated rings. The molecule has 0 amide bonds. The van der Waals surface area contributed by atoms with Crippen LogP contribution in [0.4, 0.5) is 0 Å². The Bertz CT molecular complexity index is 708. The number of fused-ring (bicyclic) bond motifs is 1. The van der Waals surface area contributed by atoms with Crippen LogP contribution in [0.15, 0.2) is 42.7 Å². The first-order valence-electron chi connectivity index (χ1n) is 6.95. The number of pyridine rings is 1. The van der Waals surface area contributed by atoms with Crippen LogP contribution < -0.4 is 5.32 Å². The zero-order valence-corrected chi connectivity index (χ0v) is 13.3. The molecule has 5 heteroatoms. The summed E-state index contributed by atoms with van der Waals surface area (Å²) in [4.78, 5) is 8.77. The highest BCUT2D eigenvalue weighted by Crippen LogP contribution is 2.28. The van der Waals surface area contributed by atoms with Crippen molar-refractivity contribution >= 4 is 33.2 Å². The van der Waals surface area contributed by atoms with E-state index in [1.807, 2.05) is 18.2 Å². The molecule has 0 radical (unpaired) electrons. The largest absolute Gasteiger partial charge is 0.310 e. The molecule has 3 nitrogen and oxygen atoms in total. The number of benzene rings is 1. The third-order valence-electron chi connectivity index (χ3n) is 3.35. The van der Waals surface area contributed by atoms with E-state index in [4.69, 9.17) is 16.6 Å². The van der Waals surface area contributed by atoms with Crippen LogP contribution in [0.1, 0.15) is 23.5 Å². The highest BCUT2D eigenvalue weighted by molar-refractivity contribution is 7.18. The first kappa shape index (κ1) is 14.4. The Morgan fingerprint density at radius 1 is 1.29 bits per heavy atom. The molecule has 1 atom stereocenters. The fourth-order valence-corrected chi connectivity index (χ4v) is 3.65. The van der Waals surface area contributed by atoms with Gasteiger partial charge in [0, 0.05) is 24.9 Å². The van der Waals surface area contributed by atoms with Crippen LogP contribution in [0.3, 0.4) is 0 Å². The van der Waals surface area contributed by atoms with E-state index in [0.717, 1.165) is 29.1 Å². The Morgan fingerprint density at radius 3 is 2.90 bits per heavy atom. The minimum Gasteiger partial charge on any atom is -0.310 e. The third kappa shape index (κ3) is 3.23. The number of nitrogens with one attached hydrogen (secondary N) is 1. The number of thiazole rings is 1. The summed E-state index contributed by atoms with van der Waals surface area (Å²) in [5.74, 6) is 0. The van der Waals surface area contributed by atoms with Crippen LogP contribution in [-0.2, 0) is 6.42 Å². The number of nitrogens with zero attached hydrogens (tertiary/aromatic N) is 2. The normalized spacial score (nSPS) is 12.7. The fourth-order valence-electron chi connectivity index (χ4n) is 2.39. The molecule has 0 saturated carbocycles. The van der Waals surface area contributed by atoms with Gasteiger partial charge in [-0.2, -0.15) is 0 Å². The monoisotopic (exact) mass is 317 g/mol. The van der Waals surface area contributed by atoms with E-state index >= 15 is 0 Å². The Balaban J connectivity index is 1.90. The molecule has 1 N–H and O–H groups in total. The molecule has 108 valence electrons. The summed E-state index contributed by atoms with van der Waals surface area (Å²) < 4.78 is 1.23. The smallest absolute Gasteiger partial charge is 0.0957 e. The lowest BCUT2D eigenvalue weighted by molar-refractivity contribution is 0.548. The summed E-state index contributed by atoms with van der Waals surface area (Å²) in [6.07, 6.45) is 4.31. The van der Waals surface area contributed by atoms with E-state index in [1.54, 1.807) is 23.7 Å². The second-order valence-corrected chi connectivity index (χ2v) is 6.31. The third-order valence-corrected chi connectivity index (χ3v) is 4.72. The van der Waals surface area contributed by atoms with Crippen LogP contribution >= 0.6 is 22.9 Å². The van der Waals surface area contributed by atoms with Crippen LogP contribution in [-0.4, -0.2) is 16.5 Å². The highest BCUT2D eigenvalue weighted by atomic mass is 35.5. The lowest BCUT2D eigenvalue weighted by Gasteiger charge is -2.18. The molecule has 1 aromatic carbocycles. The fraction of sp³-hybridized carbons (Fsp3) is 0.250. The Kier molecular flexibility index (Phi) is 4.48. The Morgan fingerprint density at radius 2 is 2.14 bits per heavy atom. The molecule has 1 unspecified atom stereocenters. The predicted molar refractivity (Wildman–Crippen MR) is 89.0 cm³/mol. The molecular weight excluding hydrogens is 302 g/mol. The van der Waals surface area contributed by atoms with Crippen molar-refractivity contribution in [2.24, 2.45) is 0 Å². The van der Waals surface area contributed by atoms with E-state index in [9.17, 15) is 0 Å². The molecule has 0 aliphatic rings. The van der Waals surface area contributed by atoms with Gasteiger partial charge < -0.3 is 5.32 Å². The Hall–Kier alpha value is -1.49. The zero-order chi connectivity index (χ0) is 14.7. The van der Waals surface area contributed by atoms with Gasteiger partial charge in [0.2, 0.25) is 0 Å². The van der Waals surface area contributed by atoms with Gasteiger partial charge >= 0.3 is 0 Å². The number of para-hydroxylation sites is 1. The van der Waals surface area contributed by atoms with Gasteiger partial charge in [-0.15, -0.1) is 11.3 Å². The molecule has 3 rings (SSSR count). The summed E-state index contributed by atoms with van der Waals surface area (Å²) >= 11 is 8.02. The van der Waals surface area contributed by atoms with E-state index < -0.39 is 0 Å². The predicted octanol–water partition coefficient (Wildman–Crippen LogP) is 4.24.